The molecule has 2 heterocycles. The third-order valence-electron chi connectivity index (χ3n) is 5.42. The summed E-state index contributed by atoms with van der Waals surface area (Å²) in [7, 11) is 0. The topological polar surface area (TPSA) is 177 Å². The van der Waals surface area contributed by atoms with Crippen molar-refractivity contribution in [2.24, 2.45) is 0 Å². The van der Waals surface area contributed by atoms with Gasteiger partial charge >= 0.3 is 24.5 Å². The van der Waals surface area contributed by atoms with Crippen molar-refractivity contribution in [3.05, 3.63) is 73.1 Å². The van der Waals surface area contributed by atoms with Gasteiger partial charge in [-0.3, -0.25) is 0 Å². The smallest absolute Gasteiger partial charge is 0.490 e. The average Bonchev–Trinajstić information content (AvgIpc) is 2.95. The van der Waals surface area contributed by atoms with Crippen LogP contribution in [0.1, 0.15) is 6.42 Å². The predicted molar refractivity (Wildman–Crippen MR) is 138 cm³/mol. The van der Waals surface area contributed by atoms with Crippen molar-refractivity contribution in [2.75, 3.05) is 11.5 Å². The fraction of sp³-hybridized carbons (Fsp3) is 0.222. The third-order valence-corrected chi connectivity index (χ3v) is 5.42. The molecular formula is C27H23F9N4O6. The molecule has 0 fully saturated rings. The second-order valence-electron chi connectivity index (χ2n) is 8.69. The molecule has 0 bridgehead atoms. The molecule has 0 aliphatic heterocycles. The van der Waals surface area contributed by atoms with Gasteiger partial charge in [0, 0.05) is 24.3 Å². The number of rotatable bonds is 4. The number of aromatic nitrogens is 2. The van der Waals surface area contributed by atoms with Crippen molar-refractivity contribution in [1.29, 1.82) is 0 Å². The molecule has 0 aliphatic carbocycles. The van der Waals surface area contributed by atoms with Crippen LogP contribution in [0.2, 0.25) is 0 Å². The van der Waals surface area contributed by atoms with E-state index in [2.05, 4.69) is 57.9 Å². The van der Waals surface area contributed by atoms with Gasteiger partial charge in [-0.25, -0.2) is 4.79 Å². The number of carbonyl (C=O) groups is 3. The molecule has 2 aromatic heterocycles. The van der Waals surface area contributed by atoms with Crippen molar-refractivity contribution in [2.45, 2.75) is 38.0 Å². The van der Waals surface area contributed by atoms with Crippen molar-refractivity contribution in [1.82, 2.24) is 0 Å². The lowest BCUT2D eigenvalue weighted by molar-refractivity contribution is -0.702. The highest BCUT2D eigenvalue weighted by Gasteiger charge is 2.38. The van der Waals surface area contributed by atoms with Gasteiger partial charge in [-0.1, -0.05) is 24.3 Å². The number of nitrogen functional groups attached to an aromatic ring is 2. The number of aryl methyl sites for hydroxylation is 2. The minimum Gasteiger partial charge on any atom is -0.542 e. The Balaban J connectivity index is 0.000000413. The normalized spacial score (nSPS) is 11.2. The maximum absolute atomic E-state index is 10.6. The molecule has 0 saturated carbocycles. The lowest BCUT2D eigenvalue weighted by atomic mass is 10.1. The summed E-state index contributed by atoms with van der Waals surface area (Å²) >= 11 is 0. The van der Waals surface area contributed by atoms with Crippen LogP contribution < -0.4 is 30.8 Å². The maximum Gasteiger partial charge on any atom is 0.490 e. The maximum atomic E-state index is 10.6. The fourth-order valence-electron chi connectivity index (χ4n) is 3.42. The molecule has 4 aromatic rings. The minimum atomic E-state index is -5.19. The zero-order valence-electron chi connectivity index (χ0n) is 23.0. The molecule has 0 unspecified atom stereocenters. The monoisotopic (exact) mass is 670 g/mol. The van der Waals surface area contributed by atoms with E-state index in [4.69, 9.17) is 41.2 Å². The molecule has 0 spiro atoms. The van der Waals surface area contributed by atoms with E-state index in [1.807, 2.05) is 24.3 Å². The lowest BCUT2D eigenvalue weighted by Gasteiger charge is -2.05. The summed E-state index contributed by atoms with van der Waals surface area (Å²) in [6.45, 7) is 1.87. The molecule has 0 atom stereocenters. The Morgan fingerprint density at radius 2 is 0.891 bits per heavy atom. The van der Waals surface area contributed by atoms with Crippen molar-refractivity contribution >= 4 is 51.1 Å². The Morgan fingerprint density at radius 1 is 0.609 bits per heavy atom. The lowest BCUT2D eigenvalue weighted by Crippen LogP contribution is -2.39. The zero-order valence-corrected chi connectivity index (χ0v) is 23.0. The first-order chi connectivity index (χ1) is 21.1. The Morgan fingerprint density at radius 3 is 1.15 bits per heavy atom. The van der Waals surface area contributed by atoms with Crippen LogP contribution in [0.15, 0.2) is 73.1 Å². The molecule has 0 radical (unpaired) electrons. The summed E-state index contributed by atoms with van der Waals surface area (Å²) in [4.78, 5) is 26.5. The van der Waals surface area contributed by atoms with Gasteiger partial charge in [0.2, 0.25) is 11.0 Å². The third kappa shape index (κ3) is 12.3. The standard InChI is InChI=1S/C21H20N4.3C2HF3O2/c22-18-10-14-24(20-8-3-1-6-16(18)20)12-5-13-25-15-11-19(23)17-7-2-4-9-21(17)25;3*3-2(4,5)1(6)7/h1-4,6-11,14-15,22-23H,5,12-13H2;3*(H,6,7). The van der Waals surface area contributed by atoms with Gasteiger partial charge in [-0.2, -0.15) is 48.6 Å². The summed E-state index contributed by atoms with van der Waals surface area (Å²) in [5.41, 5.74) is 16.2. The van der Waals surface area contributed by atoms with Gasteiger partial charge < -0.3 is 36.4 Å². The number of pyridine rings is 2. The Kier molecular flexibility index (Phi) is 13.5. The predicted octanol–water partition coefficient (Wildman–Crippen LogP) is 2.05. The van der Waals surface area contributed by atoms with E-state index in [0.717, 1.165) is 41.7 Å². The van der Waals surface area contributed by atoms with Gasteiger partial charge in [-0.15, -0.1) is 0 Å². The van der Waals surface area contributed by atoms with Crippen molar-refractivity contribution in [3.8, 4) is 0 Å². The van der Waals surface area contributed by atoms with Gasteiger partial charge in [0.25, 0.3) is 0 Å². The van der Waals surface area contributed by atoms with E-state index in [0.29, 0.717) is 0 Å². The summed E-state index contributed by atoms with van der Waals surface area (Å²) in [5.74, 6) is -8.77. The molecule has 0 saturated heterocycles. The minimum absolute atomic E-state index is 0.825. The van der Waals surface area contributed by atoms with Gasteiger partial charge in [-0.05, 0) is 12.1 Å². The van der Waals surface area contributed by atoms with Gasteiger partial charge in [0.15, 0.2) is 25.5 Å². The number of nitrogens with zero attached hydrogens (tertiary/aromatic N) is 2. The van der Waals surface area contributed by atoms with E-state index < -0.39 is 36.4 Å². The Bertz CT molecular complexity index is 1520. The molecule has 19 heteroatoms. The molecule has 0 aliphatic rings. The molecule has 4 rings (SSSR count). The summed E-state index contributed by atoms with van der Waals surface area (Å²) < 4.78 is 99.4. The number of aliphatic carboxylic acids is 3. The van der Waals surface area contributed by atoms with Crippen LogP contribution in [0.4, 0.5) is 50.9 Å². The number of anilines is 2. The van der Waals surface area contributed by atoms with Crippen LogP contribution in [0.25, 0.3) is 21.8 Å². The molecule has 2 aromatic carbocycles. The van der Waals surface area contributed by atoms with Crippen LogP contribution in [0, 0.1) is 0 Å². The number of benzene rings is 2. The number of nitrogens with two attached hydrogens (primary N) is 2. The number of para-hydroxylation sites is 2. The molecular weight excluding hydrogens is 647 g/mol. The Hall–Kier alpha value is -5.36. The number of fused-ring (bicyclic) bond motifs is 2. The van der Waals surface area contributed by atoms with Crippen molar-refractivity contribution in [3.63, 3.8) is 0 Å². The highest BCUT2D eigenvalue weighted by atomic mass is 19.4. The summed E-state index contributed by atoms with van der Waals surface area (Å²) in [5, 5.41) is 26.9. The molecule has 46 heavy (non-hydrogen) atoms. The van der Waals surface area contributed by atoms with Crippen LogP contribution >= 0.6 is 0 Å². The number of carboxylic acids is 3. The zero-order chi connectivity index (χ0) is 35.5. The Labute approximate surface area is 252 Å². The number of carbonyl (C=O) groups excluding carboxylic acids is 2. The first-order valence-electron chi connectivity index (χ1n) is 12.3. The quantitative estimate of drug-likeness (QED) is 0.218. The van der Waals surface area contributed by atoms with E-state index in [1.54, 1.807) is 0 Å². The molecule has 250 valence electrons. The average molecular weight is 670 g/mol. The first kappa shape index (κ1) is 38.7. The van der Waals surface area contributed by atoms with Crippen LogP contribution in [0.3, 0.4) is 0 Å². The van der Waals surface area contributed by atoms with E-state index in [9.17, 15) is 39.5 Å². The second kappa shape index (κ2) is 16.1. The number of hydrogen-bond donors (Lipinski definition) is 3. The van der Waals surface area contributed by atoms with E-state index in [1.165, 1.54) is 11.0 Å². The first-order valence-corrected chi connectivity index (χ1v) is 12.3. The van der Waals surface area contributed by atoms with E-state index >= 15 is 0 Å². The second-order valence-corrected chi connectivity index (χ2v) is 8.69. The largest absolute Gasteiger partial charge is 0.542 e. The van der Waals surface area contributed by atoms with Gasteiger partial charge in [0.05, 0.1) is 28.6 Å². The number of carboxylic acid groups (broad SMARTS) is 3. The SMILES string of the molecule is Nc1cc[n+](CCC[n+]2ccc(N)c3ccccc32)c2ccccc12.O=C(O)C(F)(F)F.O=C([O-])C(F)(F)F.O=C([O-])C(F)(F)F. The molecule has 10 nitrogen and oxygen atoms in total. The van der Waals surface area contributed by atoms with Gasteiger partial charge in [0.1, 0.15) is 11.9 Å². The number of hydrogen-bond acceptors (Lipinski definition) is 7. The molecule has 5 N–H and O–H groups in total. The van der Waals surface area contributed by atoms with E-state index in [-0.39, 0.29) is 0 Å². The fourth-order valence-corrected chi connectivity index (χ4v) is 3.42. The number of alkyl halides is 9. The number of halogens is 9. The van der Waals surface area contributed by atoms with Crippen LogP contribution in [-0.4, -0.2) is 41.5 Å². The van der Waals surface area contributed by atoms with Crippen LogP contribution in [0.5, 0.6) is 0 Å². The van der Waals surface area contributed by atoms with Crippen LogP contribution in [-0.2, 0) is 27.5 Å². The molecule has 0 amide bonds. The summed E-state index contributed by atoms with van der Waals surface area (Å²) in [6.07, 6.45) is -10.3. The highest BCUT2D eigenvalue weighted by Crippen LogP contribution is 2.18. The highest BCUT2D eigenvalue weighted by molar-refractivity contribution is 5.88. The summed E-state index contributed by atoms with van der Waals surface area (Å²) in [6, 6.07) is 20.5. The van der Waals surface area contributed by atoms with Crippen molar-refractivity contribution < 1.29 is 78.4 Å².